The Balaban J connectivity index is 1.26. The maximum atomic E-state index is 12.7. The van der Waals surface area contributed by atoms with Crippen LogP contribution in [0.3, 0.4) is 0 Å². The summed E-state index contributed by atoms with van der Waals surface area (Å²) in [6.45, 7) is 5.21. The smallest absolute Gasteiger partial charge is 0.259 e. The van der Waals surface area contributed by atoms with Crippen LogP contribution < -0.4 is 5.56 Å². The van der Waals surface area contributed by atoms with Crippen LogP contribution in [0.1, 0.15) is 34.7 Å². The van der Waals surface area contributed by atoms with Crippen molar-refractivity contribution in [1.29, 1.82) is 0 Å². The van der Waals surface area contributed by atoms with Crippen LogP contribution in [0.25, 0.3) is 26.8 Å². The van der Waals surface area contributed by atoms with Gasteiger partial charge in [-0.1, -0.05) is 6.08 Å². The van der Waals surface area contributed by atoms with Crippen LogP contribution in [0, 0.1) is 13.8 Å². The van der Waals surface area contributed by atoms with Crippen LogP contribution in [0.5, 0.6) is 0 Å². The number of carbonyl (C=O) groups is 1. The second-order valence-corrected chi connectivity index (χ2v) is 9.10. The van der Waals surface area contributed by atoms with Crippen molar-refractivity contribution in [3.63, 3.8) is 0 Å². The largest absolute Gasteiger partial charge is 0.346 e. The Bertz CT molecular complexity index is 1390. The number of aromatic amines is 2. The Kier molecular flexibility index (Phi) is 4.94. The first-order valence-electron chi connectivity index (χ1n) is 10.4. The minimum absolute atomic E-state index is 0.0807. The van der Waals surface area contributed by atoms with Crippen molar-refractivity contribution in [2.24, 2.45) is 0 Å². The van der Waals surface area contributed by atoms with Gasteiger partial charge in [0.1, 0.15) is 16.3 Å². The van der Waals surface area contributed by atoms with Gasteiger partial charge in [-0.3, -0.25) is 9.59 Å². The van der Waals surface area contributed by atoms with Crippen molar-refractivity contribution in [2.45, 2.75) is 33.1 Å². The zero-order chi connectivity index (χ0) is 21.5. The van der Waals surface area contributed by atoms with E-state index in [1.54, 1.807) is 6.20 Å². The number of fused-ring (bicyclic) bond motifs is 2. The van der Waals surface area contributed by atoms with Crippen LogP contribution in [-0.4, -0.2) is 43.8 Å². The highest BCUT2D eigenvalue weighted by molar-refractivity contribution is 7.18. The average Bonchev–Trinajstić information content (AvgIpc) is 3.33. The maximum absolute atomic E-state index is 12.7. The third-order valence-corrected chi connectivity index (χ3v) is 7.12. The first-order valence-corrected chi connectivity index (χ1v) is 11.2. The van der Waals surface area contributed by atoms with Crippen LogP contribution in [-0.2, 0) is 11.2 Å². The predicted octanol–water partition coefficient (Wildman–Crippen LogP) is 3.73. The molecule has 0 fully saturated rings. The molecule has 7 nitrogen and oxygen atoms in total. The SMILES string of the molecule is Cc1sc2nc(CCC(=O)N3CC=C(c4c[nH]c5ncccc45)CC3)[nH]c(=O)c2c1C. The van der Waals surface area contributed by atoms with E-state index in [1.165, 1.54) is 16.9 Å². The number of hydrogen-bond donors (Lipinski definition) is 2. The van der Waals surface area contributed by atoms with E-state index in [0.29, 0.717) is 37.1 Å². The highest BCUT2D eigenvalue weighted by Crippen LogP contribution is 2.29. The molecule has 0 bridgehead atoms. The molecule has 0 spiro atoms. The summed E-state index contributed by atoms with van der Waals surface area (Å²) >= 11 is 1.53. The molecule has 4 aromatic heterocycles. The fraction of sp³-hybridized carbons (Fsp3) is 0.304. The van der Waals surface area contributed by atoms with Gasteiger partial charge in [-0.2, -0.15) is 0 Å². The number of aromatic nitrogens is 4. The molecular weight excluding hydrogens is 410 g/mol. The van der Waals surface area contributed by atoms with E-state index in [0.717, 1.165) is 38.3 Å². The minimum atomic E-state index is -0.118. The molecule has 4 aromatic rings. The van der Waals surface area contributed by atoms with Gasteiger partial charge in [-0.05, 0) is 43.5 Å². The molecule has 1 aliphatic heterocycles. The topological polar surface area (TPSA) is 94.7 Å². The van der Waals surface area contributed by atoms with Gasteiger partial charge in [-0.25, -0.2) is 9.97 Å². The van der Waals surface area contributed by atoms with E-state index in [4.69, 9.17) is 0 Å². The van der Waals surface area contributed by atoms with Gasteiger partial charge < -0.3 is 14.9 Å². The highest BCUT2D eigenvalue weighted by Gasteiger charge is 2.20. The van der Waals surface area contributed by atoms with Gasteiger partial charge in [0.2, 0.25) is 5.91 Å². The molecule has 0 saturated carbocycles. The molecule has 0 atom stereocenters. The molecular formula is C23H23N5O2S. The fourth-order valence-corrected chi connectivity index (χ4v) is 5.21. The van der Waals surface area contributed by atoms with Crippen molar-refractivity contribution in [3.8, 4) is 0 Å². The molecule has 1 amide bonds. The maximum Gasteiger partial charge on any atom is 0.259 e. The second-order valence-electron chi connectivity index (χ2n) is 7.90. The summed E-state index contributed by atoms with van der Waals surface area (Å²) in [6, 6.07) is 4.00. The van der Waals surface area contributed by atoms with E-state index >= 15 is 0 Å². The Morgan fingerprint density at radius 3 is 3.00 bits per heavy atom. The molecule has 1 aliphatic rings. The van der Waals surface area contributed by atoms with Crippen molar-refractivity contribution in [1.82, 2.24) is 24.8 Å². The summed E-state index contributed by atoms with van der Waals surface area (Å²) in [5.41, 5.74) is 4.15. The summed E-state index contributed by atoms with van der Waals surface area (Å²) < 4.78 is 0. The number of thiophene rings is 1. The monoisotopic (exact) mass is 433 g/mol. The lowest BCUT2D eigenvalue weighted by atomic mass is 9.99. The lowest BCUT2D eigenvalue weighted by Gasteiger charge is -2.26. The zero-order valence-corrected chi connectivity index (χ0v) is 18.3. The molecule has 5 heterocycles. The zero-order valence-electron chi connectivity index (χ0n) is 17.5. The highest BCUT2D eigenvalue weighted by atomic mass is 32.1. The van der Waals surface area contributed by atoms with Gasteiger partial charge in [-0.15, -0.1) is 11.3 Å². The third kappa shape index (κ3) is 3.57. The number of carbonyl (C=O) groups excluding carboxylic acids is 1. The summed E-state index contributed by atoms with van der Waals surface area (Å²) in [6.07, 6.45) is 7.47. The number of H-pyrrole nitrogens is 2. The molecule has 0 aromatic carbocycles. The number of nitrogens with zero attached hydrogens (tertiary/aromatic N) is 3. The van der Waals surface area contributed by atoms with E-state index < -0.39 is 0 Å². The molecule has 2 N–H and O–H groups in total. The lowest BCUT2D eigenvalue weighted by Crippen LogP contribution is -2.35. The number of pyridine rings is 1. The van der Waals surface area contributed by atoms with Gasteiger partial charge in [0, 0.05) is 54.2 Å². The lowest BCUT2D eigenvalue weighted by molar-refractivity contribution is -0.130. The van der Waals surface area contributed by atoms with Crippen molar-refractivity contribution in [3.05, 3.63) is 62.8 Å². The fourth-order valence-electron chi connectivity index (χ4n) is 4.16. The molecule has 0 aliphatic carbocycles. The number of rotatable bonds is 4. The standard InChI is InChI=1S/C23H23N5O2S/c1-13-14(2)31-23-20(13)22(30)26-18(27-23)5-6-19(29)28-10-7-15(8-11-28)17-12-25-21-16(17)4-3-9-24-21/h3-4,7,9,12H,5-6,8,10-11H2,1-2H3,(H,24,25)(H,26,27,30). The van der Waals surface area contributed by atoms with Gasteiger partial charge >= 0.3 is 0 Å². The van der Waals surface area contributed by atoms with Crippen molar-refractivity contribution < 1.29 is 4.79 Å². The Morgan fingerprint density at radius 1 is 1.32 bits per heavy atom. The van der Waals surface area contributed by atoms with Crippen LogP contribution >= 0.6 is 11.3 Å². The van der Waals surface area contributed by atoms with E-state index in [1.807, 2.05) is 31.0 Å². The Labute approximate surface area is 182 Å². The van der Waals surface area contributed by atoms with Crippen LogP contribution in [0.2, 0.25) is 0 Å². The number of amides is 1. The van der Waals surface area contributed by atoms with Crippen molar-refractivity contribution >= 4 is 44.1 Å². The molecule has 0 unspecified atom stereocenters. The molecule has 0 saturated heterocycles. The summed E-state index contributed by atoms with van der Waals surface area (Å²) in [7, 11) is 0. The second kappa shape index (κ2) is 7.77. The molecule has 5 rings (SSSR count). The Hall–Kier alpha value is -3.26. The quantitative estimate of drug-likeness (QED) is 0.513. The third-order valence-electron chi connectivity index (χ3n) is 6.02. The number of nitrogens with one attached hydrogen (secondary N) is 2. The Morgan fingerprint density at radius 2 is 2.19 bits per heavy atom. The summed E-state index contributed by atoms with van der Waals surface area (Å²) in [4.78, 5) is 43.9. The van der Waals surface area contributed by atoms with Gasteiger partial charge in [0.05, 0.1) is 5.39 Å². The van der Waals surface area contributed by atoms with E-state index in [9.17, 15) is 9.59 Å². The summed E-state index contributed by atoms with van der Waals surface area (Å²) in [5.74, 6) is 0.656. The predicted molar refractivity (Wildman–Crippen MR) is 123 cm³/mol. The van der Waals surface area contributed by atoms with Gasteiger partial charge in [0.25, 0.3) is 5.56 Å². The number of hydrogen-bond acceptors (Lipinski definition) is 5. The molecule has 8 heteroatoms. The molecule has 0 radical (unpaired) electrons. The first-order chi connectivity index (χ1) is 15.0. The number of aryl methyl sites for hydroxylation is 3. The molecule has 158 valence electrons. The van der Waals surface area contributed by atoms with E-state index in [2.05, 4.69) is 32.1 Å². The summed E-state index contributed by atoms with van der Waals surface area (Å²) in [5, 5.41) is 1.77. The van der Waals surface area contributed by atoms with Gasteiger partial charge in [0.15, 0.2) is 0 Å². The van der Waals surface area contributed by atoms with E-state index in [-0.39, 0.29) is 11.5 Å². The molecule has 31 heavy (non-hydrogen) atoms. The minimum Gasteiger partial charge on any atom is -0.346 e. The average molecular weight is 434 g/mol. The van der Waals surface area contributed by atoms with Crippen LogP contribution in [0.15, 0.2) is 35.4 Å². The van der Waals surface area contributed by atoms with Crippen LogP contribution in [0.4, 0.5) is 0 Å². The van der Waals surface area contributed by atoms with Crippen molar-refractivity contribution in [2.75, 3.05) is 13.1 Å². The first kappa shape index (κ1) is 19.7. The normalized spacial score (nSPS) is 14.4.